The second-order valence-electron chi connectivity index (χ2n) is 6.49. The maximum absolute atomic E-state index is 12.6. The number of ether oxygens (including phenoxy) is 1. The van der Waals surface area contributed by atoms with Crippen LogP contribution in [0.25, 0.3) is 0 Å². The molecule has 1 amide bonds. The van der Waals surface area contributed by atoms with Crippen LogP contribution < -0.4 is 10.1 Å². The summed E-state index contributed by atoms with van der Waals surface area (Å²) in [7, 11) is 0. The maximum atomic E-state index is 12.6. The van der Waals surface area contributed by atoms with Crippen molar-refractivity contribution in [3.8, 4) is 5.75 Å². The molecule has 1 atom stereocenters. The van der Waals surface area contributed by atoms with Crippen LogP contribution in [0.2, 0.25) is 0 Å². The van der Waals surface area contributed by atoms with Crippen molar-refractivity contribution in [3.05, 3.63) is 29.8 Å². The highest BCUT2D eigenvalue weighted by Gasteiger charge is 2.61. The molecule has 1 spiro atoms. The molecule has 0 radical (unpaired) electrons. The fourth-order valence-electron chi connectivity index (χ4n) is 3.18. The van der Waals surface area contributed by atoms with E-state index < -0.39 is 0 Å². The molecule has 2 saturated carbocycles. The zero-order valence-electron chi connectivity index (χ0n) is 12.5. The van der Waals surface area contributed by atoms with Gasteiger partial charge in [-0.25, -0.2) is 0 Å². The van der Waals surface area contributed by atoms with E-state index in [4.69, 9.17) is 4.74 Å². The molecule has 21 heavy (non-hydrogen) atoms. The molecule has 4 heteroatoms. The van der Waals surface area contributed by atoms with E-state index >= 15 is 0 Å². The summed E-state index contributed by atoms with van der Waals surface area (Å²) in [6.45, 7) is 2.85. The third-order valence-electron chi connectivity index (χ3n) is 4.69. The van der Waals surface area contributed by atoms with Crippen molar-refractivity contribution < 1.29 is 9.53 Å². The number of amides is 1. The summed E-state index contributed by atoms with van der Waals surface area (Å²) in [4.78, 5) is 14.7. The Morgan fingerprint density at radius 2 is 2.00 bits per heavy atom. The van der Waals surface area contributed by atoms with Crippen molar-refractivity contribution in [1.29, 1.82) is 0 Å². The van der Waals surface area contributed by atoms with Gasteiger partial charge in [0.2, 0.25) is 5.91 Å². The number of carbonyl (C=O) groups excluding carboxylic acids is 1. The highest BCUT2D eigenvalue weighted by Crippen LogP contribution is 2.49. The standard InChI is InChI=1S/C17H22N2O2/c1-2-11-21-14-7-3-12(4-8-14)15-18-17(9-10-17)16(20)19(15)13-5-6-13/h3-4,7-8,13,15,18H,2,5-6,9-11H2,1H3. The van der Waals surface area contributed by atoms with Crippen LogP contribution >= 0.6 is 0 Å². The maximum Gasteiger partial charge on any atom is 0.244 e. The van der Waals surface area contributed by atoms with E-state index in [1.54, 1.807) is 0 Å². The lowest BCUT2D eigenvalue weighted by Gasteiger charge is -2.24. The van der Waals surface area contributed by atoms with Crippen LogP contribution in [-0.2, 0) is 4.79 Å². The Balaban J connectivity index is 1.55. The SMILES string of the molecule is CCCOc1ccc(C2NC3(CC3)C(=O)N2C2CC2)cc1. The van der Waals surface area contributed by atoms with E-state index in [-0.39, 0.29) is 11.7 Å². The molecule has 0 aromatic heterocycles. The van der Waals surface area contributed by atoms with Crippen LogP contribution in [0.3, 0.4) is 0 Å². The lowest BCUT2D eigenvalue weighted by Crippen LogP contribution is -2.33. The van der Waals surface area contributed by atoms with Crippen molar-refractivity contribution in [2.24, 2.45) is 0 Å². The minimum absolute atomic E-state index is 0.0488. The first-order valence-electron chi connectivity index (χ1n) is 8.07. The van der Waals surface area contributed by atoms with E-state index in [0.717, 1.165) is 44.5 Å². The van der Waals surface area contributed by atoms with Crippen LogP contribution in [0, 0.1) is 0 Å². The fraction of sp³-hybridized carbons (Fsp3) is 0.588. The van der Waals surface area contributed by atoms with Crippen molar-refractivity contribution >= 4 is 5.91 Å². The molecule has 4 nitrogen and oxygen atoms in total. The van der Waals surface area contributed by atoms with E-state index in [2.05, 4.69) is 29.3 Å². The van der Waals surface area contributed by atoms with Gasteiger partial charge in [0.05, 0.1) is 6.61 Å². The zero-order valence-corrected chi connectivity index (χ0v) is 12.5. The highest BCUT2D eigenvalue weighted by molar-refractivity contribution is 5.92. The molecule has 1 aromatic carbocycles. The van der Waals surface area contributed by atoms with Gasteiger partial charge in [-0.1, -0.05) is 19.1 Å². The second-order valence-corrected chi connectivity index (χ2v) is 6.49. The highest BCUT2D eigenvalue weighted by atomic mass is 16.5. The van der Waals surface area contributed by atoms with Crippen molar-refractivity contribution in [2.45, 2.75) is 56.8 Å². The summed E-state index contributed by atoms with van der Waals surface area (Å²) < 4.78 is 5.63. The Morgan fingerprint density at radius 1 is 1.29 bits per heavy atom. The Morgan fingerprint density at radius 3 is 2.57 bits per heavy atom. The van der Waals surface area contributed by atoms with Crippen molar-refractivity contribution in [1.82, 2.24) is 10.2 Å². The monoisotopic (exact) mass is 286 g/mol. The van der Waals surface area contributed by atoms with Gasteiger partial charge in [-0.3, -0.25) is 10.1 Å². The summed E-state index contributed by atoms with van der Waals surface area (Å²) in [5, 5.41) is 3.58. The third kappa shape index (κ3) is 2.22. The summed E-state index contributed by atoms with van der Waals surface area (Å²) in [6.07, 6.45) is 5.34. The number of benzene rings is 1. The van der Waals surface area contributed by atoms with Gasteiger partial charge in [-0.05, 0) is 49.8 Å². The van der Waals surface area contributed by atoms with Crippen molar-refractivity contribution in [3.63, 3.8) is 0 Å². The smallest absolute Gasteiger partial charge is 0.244 e. The van der Waals surface area contributed by atoms with Gasteiger partial charge in [-0.2, -0.15) is 0 Å². The van der Waals surface area contributed by atoms with Gasteiger partial charge in [0.25, 0.3) is 0 Å². The predicted octanol–water partition coefficient (Wildman–Crippen LogP) is 2.60. The molecule has 0 bridgehead atoms. The molecule has 4 rings (SSSR count). The number of nitrogens with one attached hydrogen (secondary N) is 1. The van der Waals surface area contributed by atoms with Gasteiger partial charge in [0, 0.05) is 6.04 Å². The second kappa shape index (κ2) is 4.73. The molecule has 2 aliphatic carbocycles. The van der Waals surface area contributed by atoms with E-state index in [9.17, 15) is 4.79 Å². The fourth-order valence-corrected chi connectivity index (χ4v) is 3.18. The molecule has 1 saturated heterocycles. The Kier molecular flexibility index (Phi) is 2.96. The number of rotatable bonds is 5. The summed E-state index contributed by atoms with van der Waals surface area (Å²) in [5.74, 6) is 1.23. The van der Waals surface area contributed by atoms with E-state index in [1.807, 2.05) is 12.1 Å². The molecule has 1 unspecified atom stereocenters. The minimum atomic E-state index is -0.232. The molecule has 1 aliphatic heterocycles. The predicted molar refractivity (Wildman–Crippen MR) is 79.9 cm³/mol. The zero-order chi connectivity index (χ0) is 14.4. The summed E-state index contributed by atoms with van der Waals surface area (Å²) in [5.41, 5.74) is 0.938. The van der Waals surface area contributed by atoms with Crippen LogP contribution in [-0.4, -0.2) is 29.0 Å². The van der Waals surface area contributed by atoms with Crippen LogP contribution in [0.15, 0.2) is 24.3 Å². The lowest BCUT2D eigenvalue weighted by atomic mass is 10.1. The van der Waals surface area contributed by atoms with Gasteiger partial charge in [0.1, 0.15) is 17.5 Å². The average Bonchev–Trinajstić information content (AvgIpc) is 3.40. The quantitative estimate of drug-likeness (QED) is 0.904. The Labute approximate surface area is 125 Å². The molecule has 1 aromatic rings. The molecule has 1 N–H and O–H groups in total. The molecule has 3 fully saturated rings. The van der Waals surface area contributed by atoms with E-state index in [1.165, 1.54) is 5.56 Å². The average molecular weight is 286 g/mol. The number of carbonyl (C=O) groups is 1. The van der Waals surface area contributed by atoms with E-state index in [0.29, 0.717) is 11.9 Å². The normalized spacial score (nSPS) is 26.4. The van der Waals surface area contributed by atoms with Gasteiger partial charge >= 0.3 is 0 Å². The van der Waals surface area contributed by atoms with Crippen molar-refractivity contribution in [2.75, 3.05) is 6.61 Å². The summed E-state index contributed by atoms with van der Waals surface area (Å²) in [6, 6.07) is 8.66. The number of nitrogens with zero attached hydrogens (tertiary/aromatic N) is 1. The molecular weight excluding hydrogens is 264 g/mol. The first kappa shape index (κ1) is 13.1. The van der Waals surface area contributed by atoms with Gasteiger partial charge < -0.3 is 9.64 Å². The van der Waals surface area contributed by atoms with Crippen LogP contribution in [0.5, 0.6) is 5.75 Å². The lowest BCUT2D eigenvalue weighted by molar-refractivity contribution is -0.131. The van der Waals surface area contributed by atoms with Gasteiger partial charge in [0.15, 0.2) is 0 Å². The minimum Gasteiger partial charge on any atom is -0.494 e. The van der Waals surface area contributed by atoms with Gasteiger partial charge in [-0.15, -0.1) is 0 Å². The topological polar surface area (TPSA) is 41.6 Å². The largest absolute Gasteiger partial charge is 0.494 e. The number of hydrogen-bond acceptors (Lipinski definition) is 3. The first-order chi connectivity index (χ1) is 10.2. The Bertz CT molecular complexity index is 546. The molecule has 1 heterocycles. The molecular formula is C17H22N2O2. The van der Waals surface area contributed by atoms with Crippen LogP contribution in [0.1, 0.15) is 50.8 Å². The molecule has 112 valence electrons. The molecule has 3 aliphatic rings. The van der Waals surface area contributed by atoms with Crippen LogP contribution in [0.4, 0.5) is 0 Å². The first-order valence-corrected chi connectivity index (χ1v) is 8.07. The third-order valence-corrected chi connectivity index (χ3v) is 4.69. The number of hydrogen-bond donors (Lipinski definition) is 1. The summed E-state index contributed by atoms with van der Waals surface area (Å²) >= 11 is 0. The Hall–Kier alpha value is -1.55.